The summed E-state index contributed by atoms with van der Waals surface area (Å²) < 4.78 is 0. The van der Waals surface area contributed by atoms with Gasteiger partial charge in [0.05, 0.1) is 11.1 Å². The van der Waals surface area contributed by atoms with Gasteiger partial charge in [-0.15, -0.1) is 0 Å². The van der Waals surface area contributed by atoms with E-state index in [1.165, 1.54) is 0 Å². The Labute approximate surface area is 105 Å². The average molecular weight is 240 g/mol. The van der Waals surface area contributed by atoms with Crippen molar-refractivity contribution in [3.8, 4) is 0 Å². The van der Waals surface area contributed by atoms with Gasteiger partial charge in [0.25, 0.3) is 11.8 Å². The van der Waals surface area contributed by atoms with Gasteiger partial charge >= 0.3 is 0 Å². The molecule has 1 aromatic carbocycles. The van der Waals surface area contributed by atoms with Crippen molar-refractivity contribution in [1.82, 2.24) is 10.6 Å². The first-order chi connectivity index (χ1) is 8.79. The number of carbonyl (C=O) groups excluding carboxylic acids is 2. The summed E-state index contributed by atoms with van der Waals surface area (Å²) in [5.74, 6) is -0.601. The Hall–Kier alpha value is -2.62. The Bertz CT molecular complexity index is 510. The van der Waals surface area contributed by atoms with Crippen LogP contribution >= 0.6 is 0 Å². The third-order valence-corrected chi connectivity index (χ3v) is 2.36. The first-order valence-corrected chi connectivity index (χ1v) is 5.48. The summed E-state index contributed by atoms with van der Waals surface area (Å²) in [6.07, 6.45) is 11.6. The van der Waals surface area contributed by atoms with Crippen molar-refractivity contribution in [2.24, 2.45) is 0 Å². The number of fused-ring (bicyclic) bond motifs is 1. The van der Waals surface area contributed by atoms with E-state index in [9.17, 15) is 9.59 Å². The second kappa shape index (κ2) is 5.63. The number of amides is 2. The highest BCUT2D eigenvalue weighted by molar-refractivity contribution is 6.21. The number of benzene rings is 1. The number of carbonyl (C=O) groups is 2. The van der Waals surface area contributed by atoms with Crippen LogP contribution in [-0.2, 0) is 0 Å². The van der Waals surface area contributed by atoms with Crippen LogP contribution in [-0.4, -0.2) is 11.8 Å². The molecule has 0 radical (unpaired) electrons. The predicted molar refractivity (Wildman–Crippen MR) is 68.8 cm³/mol. The summed E-state index contributed by atoms with van der Waals surface area (Å²) >= 11 is 0. The van der Waals surface area contributed by atoms with Gasteiger partial charge in [-0.3, -0.25) is 14.9 Å². The van der Waals surface area contributed by atoms with Crippen LogP contribution in [0.15, 0.2) is 61.0 Å². The predicted octanol–water partition coefficient (Wildman–Crippen LogP) is 1.74. The largest absolute Gasteiger partial charge is 0.368 e. The van der Waals surface area contributed by atoms with Crippen molar-refractivity contribution in [2.75, 3.05) is 0 Å². The number of allylic oxidation sites excluding steroid dienone is 4. The second-order valence-corrected chi connectivity index (χ2v) is 3.60. The molecule has 4 heteroatoms. The molecule has 90 valence electrons. The van der Waals surface area contributed by atoms with Gasteiger partial charge in [-0.25, -0.2) is 0 Å². The SMILES string of the molecule is C1=CC=CNC=C1.O=C1NC(=O)c2ccccc21. The van der Waals surface area contributed by atoms with Crippen molar-refractivity contribution < 1.29 is 9.59 Å². The van der Waals surface area contributed by atoms with E-state index >= 15 is 0 Å². The highest BCUT2D eigenvalue weighted by atomic mass is 16.2. The standard InChI is InChI=1S/C8H5NO2.C6H7N/c10-7-5-3-1-2-4-6(5)8(11)9-7;1-2-4-6-7-5-3-1/h1-4H,(H,9,10,11);1-7H. The number of rotatable bonds is 0. The van der Waals surface area contributed by atoms with E-state index in [0.29, 0.717) is 11.1 Å². The smallest absolute Gasteiger partial charge is 0.258 e. The van der Waals surface area contributed by atoms with Gasteiger partial charge in [0.2, 0.25) is 0 Å². The number of nitrogens with one attached hydrogen (secondary N) is 2. The minimum atomic E-state index is -0.300. The van der Waals surface area contributed by atoms with Gasteiger partial charge in [-0.1, -0.05) is 24.3 Å². The number of imide groups is 1. The minimum Gasteiger partial charge on any atom is -0.368 e. The summed E-state index contributed by atoms with van der Waals surface area (Å²) in [6, 6.07) is 6.74. The van der Waals surface area contributed by atoms with Crippen LogP contribution in [0, 0.1) is 0 Å². The quantitative estimate of drug-likeness (QED) is 0.679. The lowest BCUT2D eigenvalue weighted by Crippen LogP contribution is -2.19. The van der Waals surface area contributed by atoms with Gasteiger partial charge in [-0.05, 0) is 24.3 Å². The van der Waals surface area contributed by atoms with E-state index in [0.717, 1.165) is 0 Å². The summed E-state index contributed by atoms with van der Waals surface area (Å²) in [5.41, 5.74) is 0.940. The summed E-state index contributed by atoms with van der Waals surface area (Å²) in [4.78, 5) is 21.9. The zero-order valence-electron chi connectivity index (χ0n) is 9.59. The molecule has 0 bridgehead atoms. The van der Waals surface area contributed by atoms with Crippen molar-refractivity contribution in [3.05, 3.63) is 72.1 Å². The number of hydrogen-bond acceptors (Lipinski definition) is 3. The molecule has 2 heterocycles. The molecular formula is C14H12N2O2. The topological polar surface area (TPSA) is 58.2 Å². The maximum atomic E-state index is 10.9. The monoisotopic (exact) mass is 240 g/mol. The molecule has 0 unspecified atom stereocenters. The van der Waals surface area contributed by atoms with Crippen molar-refractivity contribution in [1.29, 1.82) is 0 Å². The molecule has 1 aromatic rings. The third-order valence-electron chi connectivity index (χ3n) is 2.36. The highest BCUT2D eigenvalue weighted by Crippen LogP contribution is 2.13. The third kappa shape index (κ3) is 2.74. The summed E-state index contributed by atoms with van der Waals surface area (Å²) in [6.45, 7) is 0. The molecule has 3 rings (SSSR count). The van der Waals surface area contributed by atoms with Crippen LogP contribution in [0.25, 0.3) is 0 Å². The van der Waals surface area contributed by atoms with Crippen molar-refractivity contribution in [3.63, 3.8) is 0 Å². The van der Waals surface area contributed by atoms with Crippen LogP contribution < -0.4 is 10.6 Å². The van der Waals surface area contributed by atoms with Crippen molar-refractivity contribution >= 4 is 11.8 Å². The molecule has 2 amide bonds. The molecular weight excluding hydrogens is 228 g/mol. The van der Waals surface area contributed by atoms with E-state index < -0.39 is 0 Å². The fourth-order valence-electron chi connectivity index (χ4n) is 1.52. The molecule has 2 aliphatic heterocycles. The average Bonchev–Trinajstić information content (AvgIpc) is 2.64. The molecule has 0 aromatic heterocycles. The van der Waals surface area contributed by atoms with E-state index in [1.54, 1.807) is 24.3 Å². The van der Waals surface area contributed by atoms with E-state index in [2.05, 4.69) is 10.6 Å². The summed E-state index contributed by atoms with van der Waals surface area (Å²) in [7, 11) is 0. The summed E-state index contributed by atoms with van der Waals surface area (Å²) in [5, 5.41) is 5.13. The van der Waals surface area contributed by atoms with E-state index in [4.69, 9.17) is 0 Å². The van der Waals surface area contributed by atoms with Crippen LogP contribution in [0.5, 0.6) is 0 Å². The van der Waals surface area contributed by atoms with Gasteiger partial charge in [0.1, 0.15) is 0 Å². The Balaban J connectivity index is 0.000000149. The van der Waals surface area contributed by atoms with Gasteiger partial charge in [0.15, 0.2) is 0 Å². The lowest BCUT2D eigenvalue weighted by molar-refractivity contribution is 0.0879. The fourth-order valence-corrected chi connectivity index (χ4v) is 1.52. The fraction of sp³-hybridized carbons (Fsp3) is 0. The van der Waals surface area contributed by atoms with E-state index in [-0.39, 0.29) is 11.8 Å². The number of hydrogen-bond donors (Lipinski definition) is 2. The normalized spacial score (nSPS) is 15.1. The Kier molecular flexibility index (Phi) is 3.71. The van der Waals surface area contributed by atoms with Gasteiger partial charge in [0, 0.05) is 12.4 Å². The zero-order chi connectivity index (χ0) is 12.8. The molecule has 2 aliphatic rings. The van der Waals surface area contributed by atoms with Crippen LogP contribution in [0.3, 0.4) is 0 Å². The molecule has 0 spiro atoms. The first-order valence-electron chi connectivity index (χ1n) is 5.48. The Morgan fingerprint density at radius 2 is 1.22 bits per heavy atom. The second-order valence-electron chi connectivity index (χ2n) is 3.60. The molecule has 2 N–H and O–H groups in total. The Morgan fingerprint density at radius 1 is 0.722 bits per heavy atom. The molecule has 0 aliphatic carbocycles. The first kappa shape index (κ1) is 11.9. The van der Waals surface area contributed by atoms with Crippen molar-refractivity contribution in [2.45, 2.75) is 0 Å². The Morgan fingerprint density at radius 3 is 1.72 bits per heavy atom. The zero-order valence-corrected chi connectivity index (χ0v) is 9.59. The lowest BCUT2D eigenvalue weighted by Gasteiger charge is -1.88. The molecule has 0 saturated heterocycles. The van der Waals surface area contributed by atoms with Crippen LogP contribution in [0.2, 0.25) is 0 Å². The molecule has 0 saturated carbocycles. The molecule has 0 fully saturated rings. The van der Waals surface area contributed by atoms with Crippen LogP contribution in [0.4, 0.5) is 0 Å². The molecule has 0 atom stereocenters. The van der Waals surface area contributed by atoms with E-state index in [1.807, 2.05) is 36.7 Å². The molecule has 18 heavy (non-hydrogen) atoms. The van der Waals surface area contributed by atoms with Gasteiger partial charge < -0.3 is 5.32 Å². The van der Waals surface area contributed by atoms with Gasteiger partial charge in [-0.2, -0.15) is 0 Å². The lowest BCUT2D eigenvalue weighted by atomic mass is 10.1. The minimum absolute atomic E-state index is 0.300. The highest BCUT2D eigenvalue weighted by Gasteiger charge is 2.25. The van der Waals surface area contributed by atoms with Crippen LogP contribution in [0.1, 0.15) is 20.7 Å². The maximum absolute atomic E-state index is 10.9. The molecule has 4 nitrogen and oxygen atoms in total. The maximum Gasteiger partial charge on any atom is 0.258 e.